The van der Waals surface area contributed by atoms with Crippen molar-refractivity contribution < 1.29 is 9.72 Å². The number of non-ortho nitro benzene ring substituents is 1. The molecule has 2 aromatic carbocycles. The average molecular weight is 350 g/mol. The molecule has 3 aromatic rings. The van der Waals surface area contributed by atoms with Gasteiger partial charge in [-0.25, -0.2) is 4.98 Å². The SMILES string of the molecule is O=C(Nc1ccc(-c2nc3ccc([N+](=O)[O-])cc3[nH]2)cc1)C1CCCC1. The summed E-state index contributed by atoms with van der Waals surface area (Å²) in [6.45, 7) is 0. The normalized spacial score (nSPS) is 14.6. The third kappa shape index (κ3) is 3.15. The largest absolute Gasteiger partial charge is 0.338 e. The van der Waals surface area contributed by atoms with E-state index in [0.717, 1.165) is 36.9 Å². The lowest BCUT2D eigenvalue weighted by molar-refractivity contribution is -0.384. The maximum atomic E-state index is 12.2. The first-order valence-electron chi connectivity index (χ1n) is 8.65. The van der Waals surface area contributed by atoms with Crippen molar-refractivity contribution in [1.82, 2.24) is 9.97 Å². The topological polar surface area (TPSA) is 101 Å². The number of nitro groups is 1. The molecule has 0 atom stereocenters. The summed E-state index contributed by atoms with van der Waals surface area (Å²) >= 11 is 0. The van der Waals surface area contributed by atoms with E-state index in [9.17, 15) is 14.9 Å². The van der Waals surface area contributed by atoms with Gasteiger partial charge in [0.25, 0.3) is 5.69 Å². The summed E-state index contributed by atoms with van der Waals surface area (Å²) in [6, 6.07) is 12.0. The van der Waals surface area contributed by atoms with E-state index < -0.39 is 4.92 Å². The maximum Gasteiger partial charge on any atom is 0.271 e. The van der Waals surface area contributed by atoms with Crippen LogP contribution in [-0.4, -0.2) is 20.8 Å². The monoisotopic (exact) mass is 350 g/mol. The number of hydrogen-bond donors (Lipinski definition) is 2. The van der Waals surface area contributed by atoms with Gasteiger partial charge in [0.05, 0.1) is 16.0 Å². The molecule has 26 heavy (non-hydrogen) atoms. The molecular formula is C19H18N4O3. The van der Waals surface area contributed by atoms with Gasteiger partial charge in [0.15, 0.2) is 0 Å². The molecule has 0 saturated heterocycles. The zero-order valence-electron chi connectivity index (χ0n) is 14.1. The summed E-state index contributed by atoms with van der Waals surface area (Å²) in [4.78, 5) is 30.2. The molecule has 1 amide bonds. The van der Waals surface area contributed by atoms with Crippen LogP contribution in [0.1, 0.15) is 25.7 Å². The molecule has 0 bridgehead atoms. The van der Waals surface area contributed by atoms with Crippen LogP contribution >= 0.6 is 0 Å². The lowest BCUT2D eigenvalue weighted by Crippen LogP contribution is -2.20. The number of nitrogens with zero attached hydrogens (tertiary/aromatic N) is 2. The van der Waals surface area contributed by atoms with Crippen molar-refractivity contribution in [1.29, 1.82) is 0 Å². The number of anilines is 1. The first kappa shape index (κ1) is 16.3. The summed E-state index contributed by atoms with van der Waals surface area (Å²) < 4.78 is 0. The van der Waals surface area contributed by atoms with Crippen LogP contribution in [0.2, 0.25) is 0 Å². The van der Waals surface area contributed by atoms with Crippen LogP contribution in [0.5, 0.6) is 0 Å². The fourth-order valence-electron chi connectivity index (χ4n) is 3.39. The zero-order chi connectivity index (χ0) is 18.1. The predicted octanol–water partition coefficient (Wildman–Crippen LogP) is 4.27. The molecule has 1 heterocycles. The minimum absolute atomic E-state index is 0.0256. The molecule has 1 saturated carbocycles. The number of nitrogens with one attached hydrogen (secondary N) is 2. The number of rotatable bonds is 4. The van der Waals surface area contributed by atoms with Crippen LogP contribution < -0.4 is 5.32 Å². The lowest BCUT2D eigenvalue weighted by Gasteiger charge is -2.10. The van der Waals surface area contributed by atoms with E-state index in [-0.39, 0.29) is 17.5 Å². The van der Waals surface area contributed by atoms with Crippen molar-refractivity contribution >= 4 is 28.3 Å². The molecule has 1 aromatic heterocycles. The van der Waals surface area contributed by atoms with Gasteiger partial charge in [0.2, 0.25) is 5.91 Å². The number of aromatic amines is 1. The van der Waals surface area contributed by atoms with Crippen LogP contribution in [0.15, 0.2) is 42.5 Å². The van der Waals surface area contributed by atoms with Crippen molar-refractivity contribution in [3.05, 3.63) is 52.6 Å². The smallest absolute Gasteiger partial charge is 0.271 e. The van der Waals surface area contributed by atoms with Crippen LogP contribution in [-0.2, 0) is 4.79 Å². The molecule has 1 aliphatic rings. The molecule has 7 heteroatoms. The van der Waals surface area contributed by atoms with Crippen LogP contribution in [0.25, 0.3) is 22.4 Å². The van der Waals surface area contributed by atoms with Crippen molar-refractivity contribution in [2.24, 2.45) is 5.92 Å². The Morgan fingerprint density at radius 2 is 1.88 bits per heavy atom. The highest BCUT2D eigenvalue weighted by Gasteiger charge is 2.22. The summed E-state index contributed by atoms with van der Waals surface area (Å²) in [5.41, 5.74) is 2.93. The Morgan fingerprint density at radius 3 is 2.58 bits per heavy atom. The molecule has 4 rings (SSSR count). The fourth-order valence-corrected chi connectivity index (χ4v) is 3.39. The van der Waals surface area contributed by atoms with Gasteiger partial charge in [0, 0.05) is 29.3 Å². The lowest BCUT2D eigenvalue weighted by atomic mass is 10.1. The second kappa shape index (κ2) is 6.59. The second-order valence-electron chi connectivity index (χ2n) is 6.59. The standard InChI is InChI=1S/C19H18N4O3/c24-19(13-3-1-2-4-13)20-14-7-5-12(6-8-14)18-21-16-10-9-15(23(25)26)11-17(16)22-18/h5-11,13H,1-4H2,(H,20,24)(H,21,22). The molecule has 1 aliphatic carbocycles. The van der Waals surface area contributed by atoms with Gasteiger partial charge in [-0.1, -0.05) is 12.8 Å². The van der Waals surface area contributed by atoms with Crippen LogP contribution in [0.3, 0.4) is 0 Å². The number of hydrogen-bond acceptors (Lipinski definition) is 4. The van der Waals surface area contributed by atoms with Gasteiger partial charge >= 0.3 is 0 Å². The highest BCUT2D eigenvalue weighted by Crippen LogP contribution is 2.27. The number of imidazole rings is 1. The molecule has 0 spiro atoms. The van der Waals surface area contributed by atoms with E-state index in [1.165, 1.54) is 12.1 Å². The Kier molecular flexibility index (Phi) is 4.12. The Bertz CT molecular complexity index is 972. The van der Waals surface area contributed by atoms with Gasteiger partial charge in [0.1, 0.15) is 5.82 Å². The molecule has 1 fully saturated rings. The number of H-pyrrole nitrogens is 1. The summed E-state index contributed by atoms with van der Waals surface area (Å²) in [5.74, 6) is 0.848. The van der Waals surface area contributed by atoms with Gasteiger partial charge in [-0.05, 0) is 43.2 Å². The highest BCUT2D eigenvalue weighted by atomic mass is 16.6. The highest BCUT2D eigenvalue weighted by molar-refractivity contribution is 5.93. The molecular weight excluding hydrogens is 332 g/mol. The molecule has 2 N–H and O–H groups in total. The van der Waals surface area contributed by atoms with Gasteiger partial charge in [-0.2, -0.15) is 0 Å². The first-order valence-corrected chi connectivity index (χ1v) is 8.65. The maximum absolute atomic E-state index is 12.2. The number of aromatic nitrogens is 2. The van der Waals surface area contributed by atoms with Crippen LogP contribution in [0.4, 0.5) is 11.4 Å². The fraction of sp³-hybridized carbons (Fsp3) is 0.263. The average Bonchev–Trinajstić information content (AvgIpc) is 3.31. The van der Waals surface area contributed by atoms with E-state index in [2.05, 4.69) is 15.3 Å². The molecule has 132 valence electrons. The Balaban J connectivity index is 1.53. The quantitative estimate of drug-likeness (QED) is 0.542. The third-order valence-corrected chi connectivity index (χ3v) is 4.83. The summed E-state index contributed by atoms with van der Waals surface area (Å²) in [5, 5.41) is 13.8. The number of carbonyl (C=O) groups excluding carboxylic acids is 1. The number of nitro benzene ring substituents is 1. The van der Waals surface area contributed by atoms with E-state index in [0.29, 0.717) is 16.9 Å². The van der Waals surface area contributed by atoms with Gasteiger partial charge < -0.3 is 10.3 Å². The molecule has 0 aliphatic heterocycles. The van der Waals surface area contributed by atoms with E-state index in [1.807, 2.05) is 24.3 Å². The van der Waals surface area contributed by atoms with Crippen LogP contribution in [0, 0.1) is 16.0 Å². The Morgan fingerprint density at radius 1 is 1.15 bits per heavy atom. The molecule has 0 radical (unpaired) electrons. The zero-order valence-corrected chi connectivity index (χ0v) is 14.1. The van der Waals surface area contributed by atoms with Crippen molar-refractivity contribution in [3.8, 4) is 11.4 Å². The van der Waals surface area contributed by atoms with Gasteiger partial charge in [-0.15, -0.1) is 0 Å². The van der Waals surface area contributed by atoms with E-state index >= 15 is 0 Å². The Hall–Kier alpha value is -3.22. The first-order chi connectivity index (χ1) is 12.6. The number of fused-ring (bicyclic) bond motifs is 1. The minimum Gasteiger partial charge on any atom is -0.338 e. The number of benzene rings is 2. The molecule has 0 unspecified atom stereocenters. The van der Waals surface area contributed by atoms with Gasteiger partial charge in [-0.3, -0.25) is 14.9 Å². The van der Waals surface area contributed by atoms with Crippen molar-refractivity contribution in [2.75, 3.05) is 5.32 Å². The summed E-state index contributed by atoms with van der Waals surface area (Å²) in [6.07, 6.45) is 4.19. The number of amides is 1. The molecule has 7 nitrogen and oxygen atoms in total. The Labute approximate surface area is 149 Å². The predicted molar refractivity (Wildman–Crippen MR) is 98.8 cm³/mol. The van der Waals surface area contributed by atoms with Crippen molar-refractivity contribution in [2.45, 2.75) is 25.7 Å². The second-order valence-corrected chi connectivity index (χ2v) is 6.59. The number of carbonyl (C=O) groups is 1. The third-order valence-electron chi connectivity index (χ3n) is 4.83. The summed E-state index contributed by atoms with van der Waals surface area (Å²) in [7, 11) is 0. The minimum atomic E-state index is -0.429. The van der Waals surface area contributed by atoms with E-state index in [4.69, 9.17) is 0 Å². The van der Waals surface area contributed by atoms with Crippen molar-refractivity contribution in [3.63, 3.8) is 0 Å². The van der Waals surface area contributed by atoms with E-state index in [1.54, 1.807) is 6.07 Å².